The molecule has 1 heterocycles. The molecule has 1 aliphatic rings. The van der Waals surface area contributed by atoms with Crippen LogP contribution in [-0.4, -0.2) is 48.4 Å². The van der Waals surface area contributed by atoms with Crippen molar-refractivity contribution in [1.29, 1.82) is 0 Å². The van der Waals surface area contributed by atoms with E-state index in [1.165, 1.54) is 0 Å². The summed E-state index contributed by atoms with van der Waals surface area (Å²) in [4.78, 5) is 27.3. The Morgan fingerprint density at radius 1 is 1.06 bits per heavy atom. The van der Waals surface area contributed by atoms with Crippen molar-refractivity contribution in [2.24, 2.45) is 17.6 Å². The zero-order valence-electron chi connectivity index (χ0n) is 20.0. The number of likely N-dealkylation sites (tertiary alicyclic amines) is 1. The van der Waals surface area contributed by atoms with Crippen molar-refractivity contribution >= 4 is 12.1 Å². The largest absolute Gasteiger partial charge is 0.497 e. The molecule has 0 saturated carbocycles. The van der Waals surface area contributed by atoms with Crippen molar-refractivity contribution in [2.75, 3.05) is 20.2 Å². The molecule has 174 valence electrons. The Morgan fingerprint density at radius 3 is 2.23 bits per heavy atom. The minimum atomic E-state index is -0.588. The lowest BCUT2D eigenvalue weighted by Crippen LogP contribution is -2.38. The standard InChI is InChI=1S/C24H38N2O5/c1-23(2,3)30-21(27)20(13-16-10-17(14-25)12-19(11-16)29-7)18-8-9-26(15-18)22(28)31-24(4,5)6/h10-12,18,20H,8-9,13-15,25H2,1-7H3/t18-,20-/m0/s1. The molecular weight excluding hydrogens is 396 g/mol. The first-order chi connectivity index (χ1) is 14.3. The Hall–Kier alpha value is -2.28. The highest BCUT2D eigenvalue weighted by Crippen LogP contribution is 2.31. The number of hydrogen-bond donors (Lipinski definition) is 1. The number of nitrogens with two attached hydrogens (primary N) is 1. The third kappa shape index (κ3) is 7.73. The Kier molecular flexibility index (Phi) is 7.98. The maximum Gasteiger partial charge on any atom is 0.410 e. The van der Waals surface area contributed by atoms with Gasteiger partial charge in [0.1, 0.15) is 17.0 Å². The van der Waals surface area contributed by atoms with Gasteiger partial charge in [-0.25, -0.2) is 4.79 Å². The minimum absolute atomic E-state index is 0.0186. The SMILES string of the molecule is COc1cc(CN)cc(C[C@H](C(=O)OC(C)(C)C)[C@H]2CCN(C(=O)OC(C)(C)C)C2)c1. The Bertz CT molecular complexity index is 757. The number of methoxy groups -OCH3 is 1. The number of nitrogens with zero attached hydrogens (tertiary/aromatic N) is 1. The fraction of sp³-hybridized carbons (Fsp3) is 0.667. The van der Waals surface area contributed by atoms with E-state index >= 15 is 0 Å². The second-order valence-electron chi connectivity index (χ2n) is 10.2. The summed E-state index contributed by atoms with van der Waals surface area (Å²) in [5.41, 5.74) is 6.60. The molecule has 1 amide bonds. The number of benzene rings is 1. The fourth-order valence-electron chi connectivity index (χ4n) is 3.76. The molecule has 0 bridgehead atoms. The highest BCUT2D eigenvalue weighted by molar-refractivity contribution is 5.74. The first kappa shape index (κ1) is 25.0. The van der Waals surface area contributed by atoms with Gasteiger partial charge in [-0.3, -0.25) is 4.79 Å². The van der Waals surface area contributed by atoms with Crippen LogP contribution in [0.25, 0.3) is 0 Å². The van der Waals surface area contributed by atoms with E-state index in [1.807, 2.05) is 59.7 Å². The number of amides is 1. The average Bonchev–Trinajstić information content (AvgIpc) is 3.13. The van der Waals surface area contributed by atoms with E-state index < -0.39 is 11.2 Å². The summed E-state index contributed by atoms with van der Waals surface area (Å²) in [5, 5.41) is 0. The van der Waals surface area contributed by atoms with Gasteiger partial charge in [-0.15, -0.1) is 0 Å². The molecule has 31 heavy (non-hydrogen) atoms. The normalized spacial score (nSPS) is 17.9. The average molecular weight is 435 g/mol. The second kappa shape index (κ2) is 9.90. The van der Waals surface area contributed by atoms with Gasteiger partial charge in [-0.2, -0.15) is 0 Å². The molecule has 2 rings (SSSR count). The summed E-state index contributed by atoms with van der Waals surface area (Å²) in [6.45, 7) is 12.5. The Balaban J connectivity index is 2.24. The summed E-state index contributed by atoms with van der Waals surface area (Å²) in [7, 11) is 1.61. The summed E-state index contributed by atoms with van der Waals surface area (Å²) in [6.07, 6.45) is 0.868. The molecule has 7 heteroatoms. The van der Waals surface area contributed by atoms with Gasteiger partial charge in [-0.05, 0) is 83.6 Å². The van der Waals surface area contributed by atoms with Crippen molar-refractivity contribution in [2.45, 2.75) is 72.1 Å². The molecule has 2 atom stereocenters. The van der Waals surface area contributed by atoms with Crippen LogP contribution in [0.1, 0.15) is 59.1 Å². The molecule has 1 aromatic rings. The van der Waals surface area contributed by atoms with E-state index in [2.05, 4.69) is 0 Å². The lowest BCUT2D eigenvalue weighted by molar-refractivity contribution is -0.161. The summed E-state index contributed by atoms with van der Waals surface area (Å²) < 4.78 is 16.7. The fourth-order valence-corrected chi connectivity index (χ4v) is 3.76. The number of ether oxygens (including phenoxy) is 3. The van der Waals surface area contributed by atoms with Crippen LogP contribution >= 0.6 is 0 Å². The quantitative estimate of drug-likeness (QED) is 0.683. The van der Waals surface area contributed by atoms with Gasteiger partial charge in [0.15, 0.2) is 0 Å². The molecule has 1 aromatic carbocycles. The number of esters is 1. The van der Waals surface area contributed by atoms with Gasteiger partial charge < -0.3 is 24.8 Å². The van der Waals surface area contributed by atoms with Crippen LogP contribution in [0.15, 0.2) is 18.2 Å². The lowest BCUT2D eigenvalue weighted by Gasteiger charge is -2.28. The van der Waals surface area contributed by atoms with Crippen LogP contribution in [0.2, 0.25) is 0 Å². The number of carbonyl (C=O) groups is 2. The zero-order chi connectivity index (χ0) is 23.4. The third-order valence-electron chi connectivity index (χ3n) is 5.11. The summed E-state index contributed by atoms with van der Waals surface area (Å²) >= 11 is 0. The smallest absolute Gasteiger partial charge is 0.410 e. The van der Waals surface area contributed by atoms with Gasteiger partial charge in [-0.1, -0.05) is 6.07 Å². The maximum absolute atomic E-state index is 13.2. The van der Waals surface area contributed by atoms with E-state index in [0.717, 1.165) is 17.5 Å². The first-order valence-corrected chi connectivity index (χ1v) is 10.9. The molecular formula is C24H38N2O5. The van der Waals surface area contributed by atoms with Crippen molar-refractivity contribution in [3.8, 4) is 5.75 Å². The van der Waals surface area contributed by atoms with E-state index in [9.17, 15) is 9.59 Å². The van der Waals surface area contributed by atoms with E-state index in [-0.39, 0.29) is 23.9 Å². The van der Waals surface area contributed by atoms with Crippen LogP contribution in [0.5, 0.6) is 5.75 Å². The van der Waals surface area contributed by atoms with Crippen LogP contribution < -0.4 is 10.5 Å². The number of hydrogen-bond acceptors (Lipinski definition) is 6. The molecule has 1 aliphatic heterocycles. The van der Waals surface area contributed by atoms with Gasteiger partial charge in [0.25, 0.3) is 0 Å². The minimum Gasteiger partial charge on any atom is -0.497 e. The molecule has 7 nitrogen and oxygen atoms in total. The van der Waals surface area contributed by atoms with Gasteiger partial charge >= 0.3 is 12.1 Å². The monoisotopic (exact) mass is 434 g/mol. The zero-order valence-corrected chi connectivity index (χ0v) is 20.0. The van der Waals surface area contributed by atoms with Crippen molar-refractivity contribution in [3.05, 3.63) is 29.3 Å². The Labute approximate surface area is 186 Å². The lowest BCUT2D eigenvalue weighted by atomic mass is 9.85. The molecule has 0 aromatic heterocycles. The van der Waals surface area contributed by atoms with Gasteiger partial charge in [0, 0.05) is 19.6 Å². The van der Waals surface area contributed by atoms with Crippen LogP contribution in [0.4, 0.5) is 4.79 Å². The van der Waals surface area contributed by atoms with Crippen LogP contribution in [0, 0.1) is 11.8 Å². The molecule has 0 unspecified atom stereocenters. The van der Waals surface area contributed by atoms with E-state index in [4.69, 9.17) is 19.9 Å². The van der Waals surface area contributed by atoms with Gasteiger partial charge in [0.05, 0.1) is 13.0 Å². The highest BCUT2D eigenvalue weighted by atomic mass is 16.6. The molecule has 1 saturated heterocycles. The topological polar surface area (TPSA) is 91.1 Å². The summed E-state index contributed by atoms with van der Waals surface area (Å²) in [6, 6.07) is 5.82. The number of carbonyl (C=O) groups excluding carboxylic acids is 2. The van der Waals surface area contributed by atoms with E-state index in [1.54, 1.807) is 12.0 Å². The highest BCUT2D eigenvalue weighted by Gasteiger charge is 2.39. The molecule has 0 radical (unpaired) electrons. The first-order valence-electron chi connectivity index (χ1n) is 10.9. The predicted molar refractivity (Wildman–Crippen MR) is 120 cm³/mol. The maximum atomic E-state index is 13.2. The van der Waals surface area contributed by atoms with Crippen molar-refractivity contribution in [3.63, 3.8) is 0 Å². The molecule has 0 spiro atoms. The van der Waals surface area contributed by atoms with Crippen LogP contribution in [-0.2, 0) is 27.2 Å². The van der Waals surface area contributed by atoms with E-state index in [0.29, 0.717) is 31.8 Å². The summed E-state index contributed by atoms with van der Waals surface area (Å²) in [5.74, 6) is 0.0580. The van der Waals surface area contributed by atoms with Crippen molar-refractivity contribution < 1.29 is 23.8 Å². The molecule has 2 N–H and O–H groups in total. The van der Waals surface area contributed by atoms with Crippen molar-refractivity contribution in [1.82, 2.24) is 4.90 Å². The predicted octanol–water partition coefficient (Wildman–Crippen LogP) is 3.91. The second-order valence-corrected chi connectivity index (χ2v) is 10.2. The van der Waals surface area contributed by atoms with Gasteiger partial charge in [0.2, 0.25) is 0 Å². The van der Waals surface area contributed by atoms with Crippen LogP contribution in [0.3, 0.4) is 0 Å². The molecule has 1 fully saturated rings. The number of rotatable bonds is 6. The Morgan fingerprint density at radius 2 is 1.68 bits per heavy atom. The third-order valence-corrected chi connectivity index (χ3v) is 5.11. The molecule has 0 aliphatic carbocycles.